The molecule has 2 heterocycles. The van der Waals surface area contributed by atoms with Gasteiger partial charge < -0.3 is 19.2 Å². The smallest absolute Gasteiger partial charge is 0.258 e. The van der Waals surface area contributed by atoms with Crippen molar-refractivity contribution in [2.75, 3.05) is 27.9 Å². The molecular weight excluding hydrogens is 370 g/mol. The first-order valence-corrected chi connectivity index (χ1v) is 9.66. The molecule has 1 saturated heterocycles. The number of likely N-dealkylation sites (tertiary alicyclic amines) is 1. The Morgan fingerprint density at radius 2 is 1.79 bits per heavy atom. The molecule has 1 fully saturated rings. The van der Waals surface area contributed by atoms with E-state index in [1.54, 1.807) is 33.5 Å². The Morgan fingerprint density at radius 3 is 2.48 bits per heavy atom. The van der Waals surface area contributed by atoms with Gasteiger partial charge in [-0.25, -0.2) is 4.98 Å². The summed E-state index contributed by atoms with van der Waals surface area (Å²) in [6.07, 6.45) is 2.19. The third kappa shape index (κ3) is 3.78. The molecule has 0 bridgehead atoms. The predicted molar refractivity (Wildman–Crippen MR) is 111 cm³/mol. The molecule has 0 saturated carbocycles. The van der Waals surface area contributed by atoms with Gasteiger partial charge in [0.1, 0.15) is 11.6 Å². The predicted octanol–water partition coefficient (Wildman–Crippen LogP) is 3.29. The molecule has 152 valence electrons. The molecule has 1 aliphatic heterocycles. The van der Waals surface area contributed by atoms with E-state index in [4.69, 9.17) is 14.2 Å². The largest absolute Gasteiger partial charge is 0.497 e. The van der Waals surface area contributed by atoms with Crippen molar-refractivity contribution in [3.63, 3.8) is 0 Å². The van der Waals surface area contributed by atoms with Gasteiger partial charge in [-0.05, 0) is 43.1 Å². The molecule has 7 heteroatoms. The molecule has 3 aromatic rings. The van der Waals surface area contributed by atoms with E-state index in [2.05, 4.69) is 27.0 Å². The summed E-state index contributed by atoms with van der Waals surface area (Å²) >= 11 is 0. The standard InChI is InChI=1S/C22H25N3O4/c1-27-15-8-6-14(7-9-15)18-5-4-10-25(18)13-21-23-17-12-20(29-3)19(28-2)11-16(17)22(26)24-21/h6-9,11-12,18H,4-5,10,13H2,1-3H3,(H,23,24,26)/t18-/m0/s1. The Morgan fingerprint density at radius 1 is 1.07 bits per heavy atom. The van der Waals surface area contributed by atoms with Crippen LogP contribution in [0.2, 0.25) is 0 Å². The minimum absolute atomic E-state index is 0.175. The van der Waals surface area contributed by atoms with Gasteiger partial charge in [-0.15, -0.1) is 0 Å². The van der Waals surface area contributed by atoms with E-state index in [-0.39, 0.29) is 5.56 Å². The summed E-state index contributed by atoms with van der Waals surface area (Å²) < 4.78 is 15.9. The molecule has 1 N–H and O–H groups in total. The van der Waals surface area contributed by atoms with Crippen LogP contribution in [0, 0.1) is 0 Å². The fourth-order valence-electron chi connectivity index (χ4n) is 4.00. The Bertz CT molecular complexity index is 1060. The van der Waals surface area contributed by atoms with Crippen LogP contribution < -0.4 is 19.8 Å². The maximum absolute atomic E-state index is 12.6. The first-order valence-electron chi connectivity index (χ1n) is 9.66. The number of rotatable bonds is 6. The lowest BCUT2D eigenvalue weighted by molar-refractivity contribution is 0.242. The maximum Gasteiger partial charge on any atom is 0.258 e. The van der Waals surface area contributed by atoms with Gasteiger partial charge >= 0.3 is 0 Å². The summed E-state index contributed by atoms with van der Waals surface area (Å²) in [5.41, 5.74) is 1.67. The van der Waals surface area contributed by atoms with Crippen LogP contribution in [0.25, 0.3) is 10.9 Å². The van der Waals surface area contributed by atoms with Crippen LogP contribution in [0.3, 0.4) is 0 Å². The van der Waals surface area contributed by atoms with Crippen molar-refractivity contribution >= 4 is 10.9 Å². The van der Waals surface area contributed by atoms with Crippen LogP contribution in [-0.2, 0) is 6.54 Å². The zero-order chi connectivity index (χ0) is 20.4. The molecule has 4 rings (SSSR count). The maximum atomic E-state index is 12.6. The van der Waals surface area contributed by atoms with Gasteiger partial charge in [0, 0.05) is 12.1 Å². The number of benzene rings is 2. The third-order valence-corrected chi connectivity index (χ3v) is 5.48. The lowest BCUT2D eigenvalue weighted by Gasteiger charge is -2.24. The topological polar surface area (TPSA) is 76.7 Å². The second-order valence-corrected chi connectivity index (χ2v) is 7.14. The van der Waals surface area contributed by atoms with Crippen LogP contribution >= 0.6 is 0 Å². The van der Waals surface area contributed by atoms with E-state index in [1.807, 2.05) is 12.1 Å². The molecule has 1 atom stereocenters. The Labute approximate surface area is 169 Å². The van der Waals surface area contributed by atoms with Gasteiger partial charge in [0.2, 0.25) is 0 Å². The Hall–Kier alpha value is -3.06. The molecule has 1 aliphatic rings. The Kier molecular flexibility index (Phi) is 5.40. The van der Waals surface area contributed by atoms with E-state index in [9.17, 15) is 4.79 Å². The number of aromatic nitrogens is 2. The van der Waals surface area contributed by atoms with Crippen LogP contribution in [0.15, 0.2) is 41.2 Å². The van der Waals surface area contributed by atoms with E-state index in [0.717, 1.165) is 25.1 Å². The number of hydrogen-bond acceptors (Lipinski definition) is 6. The minimum atomic E-state index is -0.175. The van der Waals surface area contributed by atoms with E-state index < -0.39 is 0 Å². The van der Waals surface area contributed by atoms with Crippen LogP contribution in [-0.4, -0.2) is 42.7 Å². The summed E-state index contributed by atoms with van der Waals surface area (Å²) in [7, 11) is 4.79. The zero-order valence-corrected chi connectivity index (χ0v) is 16.9. The second kappa shape index (κ2) is 8.13. The van der Waals surface area contributed by atoms with Crippen molar-refractivity contribution in [3.05, 3.63) is 58.1 Å². The number of methoxy groups -OCH3 is 3. The average Bonchev–Trinajstić information content (AvgIpc) is 3.21. The zero-order valence-electron chi connectivity index (χ0n) is 16.9. The lowest BCUT2D eigenvalue weighted by Crippen LogP contribution is -2.25. The number of fused-ring (bicyclic) bond motifs is 1. The lowest BCUT2D eigenvalue weighted by atomic mass is 10.0. The molecule has 29 heavy (non-hydrogen) atoms. The summed E-state index contributed by atoms with van der Waals surface area (Å²) in [6, 6.07) is 11.9. The molecule has 0 aliphatic carbocycles. The first-order chi connectivity index (χ1) is 14.1. The molecule has 2 aromatic carbocycles. The van der Waals surface area contributed by atoms with Crippen molar-refractivity contribution in [1.29, 1.82) is 0 Å². The molecule has 7 nitrogen and oxygen atoms in total. The highest BCUT2D eigenvalue weighted by atomic mass is 16.5. The highest BCUT2D eigenvalue weighted by molar-refractivity contribution is 5.81. The van der Waals surface area contributed by atoms with Crippen molar-refractivity contribution in [3.8, 4) is 17.2 Å². The highest BCUT2D eigenvalue weighted by Gasteiger charge is 2.26. The summed E-state index contributed by atoms with van der Waals surface area (Å²) in [5, 5.41) is 0.486. The van der Waals surface area contributed by atoms with Crippen LogP contribution in [0.4, 0.5) is 0 Å². The third-order valence-electron chi connectivity index (χ3n) is 5.48. The van der Waals surface area contributed by atoms with Gasteiger partial charge in [0.15, 0.2) is 11.5 Å². The van der Waals surface area contributed by atoms with E-state index in [0.29, 0.717) is 40.8 Å². The number of nitrogens with one attached hydrogen (secondary N) is 1. The van der Waals surface area contributed by atoms with Gasteiger partial charge in [-0.3, -0.25) is 9.69 Å². The van der Waals surface area contributed by atoms with Gasteiger partial charge in [0.05, 0.1) is 38.8 Å². The highest BCUT2D eigenvalue weighted by Crippen LogP contribution is 2.34. The summed E-state index contributed by atoms with van der Waals surface area (Å²) in [6.45, 7) is 1.54. The van der Waals surface area contributed by atoms with Crippen molar-refractivity contribution < 1.29 is 14.2 Å². The number of nitrogens with zero attached hydrogens (tertiary/aromatic N) is 2. The molecule has 1 aromatic heterocycles. The van der Waals surface area contributed by atoms with Crippen LogP contribution in [0.5, 0.6) is 17.2 Å². The molecule has 0 amide bonds. The fourth-order valence-corrected chi connectivity index (χ4v) is 4.00. The monoisotopic (exact) mass is 395 g/mol. The molecular formula is C22H25N3O4. The van der Waals surface area contributed by atoms with E-state index >= 15 is 0 Å². The van der Waals surface area contributed by atoms with Crippen molar-refractivity contribution in [2.24, 2.45) is 0 Å². The van der Waals surface area contributed by atoms with Crippen molar-refractivity contribution in [2.45, 2.75) is 25.4 Å². The SMILES string of the molecule is COc1ccc([C@@H]2CCCN2Cc2nc3cc(OC)c(OC)cc3c(=O)[nH]2)cc1. The molecule has 0 radical (unpaired) electrons. The second-order valence-electron chi connectivity index (χ2n) is 7.14. The van der Waals surface area contributed by atoms with Gasteiger partial charge in [-0.2, -0.15) is 0 Å². The number of ether oxygens (including phenoxy) is 3. The van der Waals surface area contributed by atoms with Crippen molar-refractivity contribution in [1.82, 2.24) is 14.9 Å². The molecule has 0 unspecified atom stereocenters. The summed E-state index contributed by atoms with van der Waals surface area (Å²) in [4.78, 5) is 22.6. The first kappa shape index (κ1) is 19.3. The average molecular weight is 395 g/mol. The summed E-state index contributed by atoms with van der Waals surface area (Å²) in [5.74, 6) is 2.57. The Balaban J connectivity index is 1.63. The number of H-pyrrole nitrogens is 1. The fraction of sp³-hybridized carbons (Fsp3) is 0.364. The number of hydrogen-bond donors (Lipinski definition) is 1. The van der Waals surface area contributed by atoms with E-state index in [1.165, 1.54) is 5.56 Å². The molecule has 0 spiro atoms. The van der Waals surface area contributed by atoms with Gasteiger partial charge in [-0.1, -0.05) is 12.1 Å². The normalized spacial score (nSPS) is 16.9. The quantitative estimate of drug-likeness (QED) is 0.690. The number of aromatic amines is 1. The minimum Gasteiger partial charge on any atom is -0.497 e. The van der Waals surface area contributed by atoms with Crippen LogP contribution in [0.1, 0.15) is 30.3 Å². The van der Waals surface area contributed by atoms with Gasteiger partial charge in [0.25, 0.3) is 5.56 Å².